The molecule has 256 valence electrons. The maximum atomic E-state index is 6.86. The second kappa shape index (κ2) is 11.5. The Morgan fingerprint density at radius 1 is 0.382 bits per heavy atom. The quantitative estimate of drug-likeness (QED) is 0.182. The first-order chi connectivity index (χ1) is 27.3. The van der Waals surface area contributed by atoms with Gasteiger partial charge < -0.3 is 13.4 Å². The van der Waals surface area contributed by atoms with Gasteiger partial charge in [-0.1, -0.05) is 121 Å². The van der Waals surface area contributed by atoms with Gasteiger partial charge in [0, 0.05) is 49.1 Å². The number of benzene rings is 8. The van der Waals surface area contributed by atoms with Gasteiger partial charge in [0.1, 0.15) is 22.3 Å². The van der Waals surface area contributed by atoms with E-state index in [2.05, 4.69) is 102 Å². The summed E-state index contributed by atoms with van der Waals surface area (Å²) >= 11 is 0. The average Bonchev–Trinajstić information content (AvgIpc) is 3.93. The zero-order valence-corrected chi connectivity index (χ0v) is 29.3. The Bertz CT molecular complexity index is 3430. The largest absolute Gasteiger partial charge is 0.456 e. The SMILES string of the molecule is c1ccc(-c2nc(-c3ccccc3)nc(-c3cc4ccccc4c4c3oc3ccc(-n5c6ccccc6c6c7c(ccc65)oc5ccccc57)cc34)n2)cc1. The molecule has 0 saturated heterocycles. The third kappa shape index (κ3) is 4.46. The molecule has 0 aliphatic heterocycles. The molecule has 8 aromatic carbocycles. The number of aromatic nitrogens is 4. The van der Waals surface area contributed by atoms with Gasteiger partial charge in [0.05, 0.1) is 16.6 Å². The molecule has 0 atom stereocenters. The second-order valence-corrected chi connectivity index (χ2v) is 14.0. The minimum absolute atomic E-state index is 0.557. The van der Waals surface area contributed by atoms with E-state index in [0.29, 0.717) is 17.5 Å². The van der Waals surface area contributed by atoms with E-state index in [1.165, 1.54) is 10.8 Å². The number of hydrogen-bond donors (Lipinski definition) is 0. The Morgan fingerprint density at radius 2 is 1.00 bits per heavy atom. The van der Waals surface area contributed by atoms with Gasteiger partial charge in [0.2, 0.25) is 0 Å². The van der Waals surface area contributed by atoms with E-state index < -0.39 is 0 Å². The molecule has 0 radical (unpaired) electrons. The fourth-order valence-corrected chi connectivity index (χ4v) is 8.40. The third-order valence-electron chi connectivity index (χ3n) is 10.8. The standard InChI is InChI=1S/C49H28N4O2/c1-3-13-29(14-4-1)47-50-48(30-15-5-2-6-16-30)52-49(51-47)37-27-31-17-7-8-18-33(31)43-36-28-32(23-25-41(36)55-46(37)43)53-38-21-11-9-19-34(38)44-39(53)24-26-42-45(44)35-20-10-12-22-40(35)54-42/h1-28H. The third-order valence-corrected chi connectivity index (χ3v) is 10.8. The minimum atomic E-state index is 0.557. The second-order valence-electron chi connectivity index (χ2n) is 14.0. The lowest BCUT2D eigenvalue weighted by Gasteiger charge is -2.10. The summed E-state index contributed by atoms with van der Waals surface area (Å²) in [4.78, 5) is 15.1. The summed E-state index contributed by atoms with van der Waals surface area (Å²) in [5, 5.41) is 8.84. The predicted molar refractivity (Wildman–Crippen MR) is 223 cm³/mol. The van der Waals surface area contributed by atoms with Crippen molar-refractivity contribution in [3.05, 3.63) is 170 Å². The van der Waals surface area contributed by atoms with Crippen LogP contribution in [0.2, 0.25) is 0 Å². The van der Waals surface area contributed by atoms with Crippen molar-refractivity contribution in [1.82, 2.24) is 19.5 Å². The lowest BCUT2D eigenvalue weighted by atomic mass is 9.99. The molecule has 12 aromatic rings. The van der Waals surface area contributed by atoms with E-state index in [1.54, 1.807) is 0 Å². The highest BCUT2D eigenvalue weighted by Gasteiger charge is 2.23. The summed E-state index contributed by atoms with van der Waals surface area (Å²) in [5.41, 5.74) is 9.24. The van der Waals surface area contributed by atoms with Crippen molar-refractivity contribution in [2.75, 3.05) is 0 Å². The van der Waals surface area contributed by atoms with Crippen molar-refractivity contribution in [2.24, 2.45) is 0 Å². The predicted octanol–water partition coefficient (Wildman–Crippen LogP) is 12.9. The van der Waals surface area contributed by atoms with E-state index in [4.69, 9.17) is 23.8 Å². The lowest BCUT2D eigenvalue weighted by molar-refractivity contribution is 0.669. The van der Waals surface area contributed by atoms with Crippen LogP contribution in [0.25, 0.3) is 116 Å². The van der Waals surface area contributed by atoms with Crippen LogP contribution in [0.15, 0.2) is 179 Å². The minimum Gasteiger partial charge on any atom is -0.456 e. The molecule has 0 bridgehead atoms. The van der Waals surface area contributed by atoms with Crippen molar-refractivity contribution in [3.63, 3.8) is 0 Å². The fourth-order valence-electron chi connectivity index (χ4n) is 8.40. The van der Waals surface area contributed by atoms with Gasteiger partial charge in [-0.15, -0.1) is 0 Å². The molecular formula is C49H28N4O2. The van der Waals surface area contributed by atoms with Crippen LogP contribution < -0.4 is 0 Å². The first-order valence-corrected chi connectivity index (χ1v) is 18.4. The van der Waals surface area contributed by atoms with Gasteiger partial charge in [0.15, 0.2) is 17.5 Å². The van der Waals surface area contributed by atoms with Gasteiger partial charge in [-0.2, -0.15) is 0 Å². The molecule has 6 heteroatoms. The van der Waals surface area contributed by atoms with Crippen molar-refractivity contribution >= 4 is 76.5 Å². The molecular weight excluding hydrogens is 677 g/mol. The molecule has 55 heavy (non-hydrogen) atoms. The summed E-state index contributed by atoms with van der Waals surface area (Å²) in [6.07, 6.45) is 0. The number of hydrogen-bond acceptors (Lipinski definition) is 5. The van der Waals surface area contributed by atoms with E-state index in [1.807, 2.05) is 72.8 Å². The first kappa shape index (κ1) is 29.9. The van der Waals surface area contributed by atoms with Crippen molar-refractivity contribution in [2.45, 2.75) is 0 Å². The molecule has 12 rings (SSSR count). The van der Waals surface area contributed by atoms with E-state index >= 15 is 0 Å². The molecule has 0 aliphatic carbocycles. The van der Waals surface area contributed by atoms with E-state index in [-0.39, 0.29) is 0 Å². The molecule has 4 aromatic heterocycles. The maximum Gasteiger partial charge on any atom is 0.167 e. The summed E-state index contributed by atoms with van der Waals surface area (Å²) in [5.74, 6) is 1.77. The highest BCUT2D eigenvalue weighted by atomic mass is 16.3. The molecule has 0 amide bonds. The Labute approximate surface area is 313 Å². The topological polar surface area (TPSA) is 69.9 Å². The van der Waals surface area contributed by atoms with Crippen molar-refractivity contribution < 1.29 is 8.83 Å². The normalized spacial score (nSPS) is 12.0. The Morgan fingerprint density at radius 3 is 1.78 bits per heavy atom. The average molecular weight is 705 g/mol. The van der Waals surface area contributed by atoms with Gasteiger partial charge >= 0.3 is 0 Å². The van der Waals surface area contributed by atoms with Crippen LogP contribution in [0.3, 0.4) is 0 Å². The van der Waals surface area contributed by atoms with Crippen molar-refractivity contribution in [1.29, 1.82) is 0 Å². The van der Waals surface area contributed by atoms with Crippen LogP contribution in [-0.2, 0) is 0 Å². The van der Waals surface area contributed by atoms with Gasteiger partial charge in [-0.05, 0) is 59.3 Å². The Balaban J connectivity index is 1.14. The van der Waals surface area contributed by atoms with Gasteiger partial charge in [0.25, 0.3) is 0 Å². The monoisotopic (exact) mass is 704 g/mol. The molecule has 4 heterocycles. The van der Waals surface area contributed by atoms with Crippen LogP contribution in [-0.4, -0.2) is 19.5 Å². The zero-order chi connectivity index (χ0) is 36.0. The maximum absolute atomic E-state index is 6.86. The highest BCUT2D eigenvalue weighted by molar-refractivity contribution is 6.28. The molecule has 0 N–H and O–H groups in total. The molecule has 0 spiro atoms. The summed E-state index contributed by atoms with van der Waals surface area (Å²) in [6, 6.07) is 58.4. The Kier molecular flexibility index (Phi) is 6.24. The molecule has 0 fully saturated rings. The van der Waals surface area contributed by atoms with Crippen molar-refractivity contribution in [3.8, 4) is 39.9 Å². The molecule has 0 unspecified atom stereocenters. The van der Waals surface area contributed by atoms with E-state index in [0.717, 1.165) is 88.1 Å². The summed E-state index contributed by atoms with van der Waals surface area (Å²) in [7, 11) is 0. The van der Waals surface area contributed by atoms with Crippen LogP contribution in [0, 0.1) is 0 Å². The van der Waals surface area contributed by atoms with Crippen LogP contribution in [0.1, 0.15) is 0 Å². The van der Waals surface area contributed by atoms with Gasteiger partial charge in [-0.3, -0.25) is 0 Å². The van der Waals surface area contributed by atoms with Crippen LogP contribution in [0.5, 0.6) is 0 Å². The molecule has 6 nitrogen and oxygen atoms in total. The fraction of sp³-hybridized carbons (Fsp3) is 0. The van der Waals surface area contributed by atoms with Crippen LogP contribution in [0.4, 0.5) is 0 Å². The number of rotatable bonds is 4. The molecule has 0 saturated carbocycles. The van der Waals surface area contributed by atoms with Crippen LogP contribution >= 0.6 is 0 Å². The molecule has 0 aliphatic rings. The number of furan rings is 2. The van der Waals surface area contributed by atoms with Gasteiger partial charge in [-0.25, -0.2) is 15.0 Å². The highest BCUT2D eigenvalue weighted by Crippen LogP contribution is 2.44. The zero-order valence-electron chi connectivity index (χ0n) is 29.3. The lowest BCUT2D eigenvalue weighted by Crippen LogP contribution is -2.00. The smallest absolute Gasteiger partial charge is 0.167 e. The number of nitrogens with zero attached hydrogens (tertiary/aromatic N) is 4. The number of para-hydroxylation sites is 2. The summed E-state index contributed by atoms with van der Waals surface area (Å²) in [6.45, 7) is 0. The first-order valence-electron chi connectivity index (χ1n) is 18.4. The number of fused-ring (bicyclic) bond motifs is 12. The summed E-state index contributed by atoms with van der Waals surface area (Å²) < 4.78 is 15.6. The van der Waals surface area contributed by atoms with E-state index in [9.17, 15) is 0 Å². The Hall–Kier alpha value is -7.57.